The van der Waals surface area contributed by atoms with Crippen LogP contribution in [-0.4, -0.2) is 10.9 Å². The van der Waals surface area contributed by atoms with Gasteiger partial charge in [0.1, 0.15) is 5.52 Å². The van der Waals surface area contributed by atoms with E-state index in [0.29, 0.717) is 12.3 Å². The Hall–Kier alpha value is -2.92. The third-order valence-corrected chi connectivity index (χ3v) is 4.52. The molecule has 0 aliphatic carbocycles. The summed E-state index contributed by atoms with van der Waals surface area (Å²) in [7, 11) is 0. The average Bonchev–Trinajstić information content (AvgIpc) is 3.08. The molecule has 0 unspecified atom stereocenters. The van der Waals surface area contributed by atoms with E-state index in [1.807, 2.05) is 72.8 Å². The van der Waals surface area contributed by atoms with Gasteiger partial charge >= 0.3 is 0 Å². The van der Waals surface area contributed by atoms with Gasteiger partial charge in [0.05, 0.1) is 6.42 Å². The van der Waals surface area contributed by atoms with Gasteiger partial charge in [-0.2, -0.15) is 0 Å². The van der Waals surface area contributed by atoms with E-state index in [0.717, 1.165) is 32.4 Å². The summed E-state index contributed by atoms with van der Waals surface area (Å²) in [4.78, 5) is 16.7. The summed E-state index contributed by atoms with van der Waals surface area (Å²) in [5, 5.41) is 2.91. The Morgan fingerprint density at radius 2 is 1.69 bits per heavy atom. The SMILES string of the molecule is O=C(Cc1ccc(Br)cc1)Nc1ccc(-c2nc3ccccc3o2)cc1. The number of hydrogen-bond donors (Lipinski definition) is 1. The number of carbonyl (C=O) groups excluding carboxylic acids is 1. The quantitative estimate of drug-likeness (QED) is 0.490. The summed E-state index contributed by atoms with van der Waals surface area (Å²) in [6.45, 7) is 0. The van der Waals surface area contributed by atoms with Crippen LogP contribution in [0.2, 0.25) is 0 Å². The van der Waals surface area contributed by atoms with Crippen LogP contribution in [0.4, 0.5) is 5.69 Å². The van der Waals surface area contributed by atoms with Crippen LogP contribution in [0.5, 0.6) is 0 Å². The molecule has 0 aliphatic heterocycles. The Bertz CT molecular complexity index is 1020. The van der Waals surface area contributed by atoms with Crippen molar-refractivity contribution in [1.29, 1.82) is 0 Å². The number of amides is 1. The van der Waals surface area contributed by atoms with Gasteiger partial charge in [0.25, 0.3) is 0 Å². The minimum atomic E-state index is -0.0538. The number of halogens is 1. The third-order valence-electron chi connectivity index (χ3n) is 3.99. The molecule has 1 amide bonds. The van der Waals surface area contributed by atoms with Gasteiger partial charge in [-0.3, -0.25) is 4.79 Å². The first-order valence-electron chi connectivity index (χ1n) is 8.18. The van der Waals surface area contributed by atoms with Crippen LogP contribution in [0.25, 0.3) is 22.6 Å². The summed E-state index contributed by atoms with van der Waals surface area (Å²) >= 11 is 3.39. The number of fused-ring (bicyclic) bond motifs is 1. The van der Waals surface area contributed by atoms with Crippen LogP contribution in [-0.2, 0) is 11.2 Å². The molecule has 26 heavy (non-hydrogen) atoms. The zero-order valence-electron chi connectivity index (χ0n) is 13.8. The fraction of sp³-hybridized carbons (Fsp3) is 0.0476. The number of carbonyl (C=O) groups is 1. The van der Waals surface area contributed by atoms with Gasteiger partial charge in [-0.1, -0.05) is 40.2 Å². The first-order chi connectivity index (χ1) is 12.7. The minimum Gasteiger partial charge on any atom is -0.436 e. The lowest BCUT2D eigenvalue weighted by molar-refractivity contribution is -0.115. The normalized spacial score (nSPS) is 10.8. The first kappa shape index (κ1) is 16.5. The Kier molecular flexibility index (Phi) is 4.54. The lowest BCUT2D eigenvalue weighted by Gasteiger charge is -2.06. The van der Waals surface area contributed by atoms with E-state index >= 15 is 0 Å². The highest BCUT2D eigenvalue weighted by Gasteiger charge is 2.09. The molecule has 1 N–H and O–H groups in total. The molecule has 0 aliphatic rings. The maximum atomic E-state index is 12.2. The van der Waals surface area contributed by atoms with E-state index in [-0.39, 0.29) is 5.91 Å². The molecule has 128 valence electrons. The van der Waals surface area contributed by atoms with Crippen LogP contribution in [0.1, 0.15) is 5.56 Å². The van der Waals surface area contributed by atoms with Crippen molar-refractivity contribution in [2.75, 3.05) is 5.32 Å². The molecule has 1 aromatic heterocycles. The van der Waals surface area contributed by atoms with Crippen molar-refractivity contribution in [2.24, 2.45) is 0 Å². The van der Waals surface area contributed by atoms with Crippen molar-refractivity contribution in [1.82, 2.24) is 4.98 Å². The number of nitrogens with one attached hydrogen (secondary N) is 1. The van der Waals surface area contributed by atoms with E-state index in [2.05, 4.69) is 26.2 Å². The number of benzene rings is 3. The van der Waals surface area contributed by atoms with E-state index in [9.17, 15) is 4.79 Å². The van der Waals surface area contributed by atoms with Gasteiger partial charge in [0.2, 0.25) is 11.8 Å². The number of anilines is 1. The number of nitrogens with zero attached hydrogens (tertiary/aromatic N) is 1. The highest BCUT2D eigenvalue weighted by atomic mass is 79.9. The molecule has 4 rings (SSSR count). The zero-order valence-corrected chi connectivity index (χ0v) is 15.4. The largest absolute Gasteiger partial charge is 0.436 e. The molecular weight excluding hydrogens is 392 g/mol. The molecule has 0 atom stereocenters. The lowest BCUT2D eigenvalue weighted by Crippen LogP contribution is -2.14. The second-order valence-electron chi connectivity index (χ2n) is 5.92. The van der Waals surface area contributed by atoms with Gasteiger partial charge in [-0.05, 0) is 54.1 Å². The molecule has 5 heteroatoms. The van der Waals surface area contributed by atoms with Gasteiger partial charge in [-0.25, -0.2) is 4.98 Å². The summed E-state index contributed by atoms with van der Waals surface area (Å²) < 4.78 is 6.76. The van der Waals surface area contributed by atoms with Crippen molar-refractivity contribution < 1.29 is 9.21 Å². The number of aromatic nitrogens is 1. The molecule has 4 aromatic rings. The average molecular weight is 407 g/mol. The molecule has 0 radical (unpaired) electrons. The summed E-state index contributed by atoms with van der Waals surface area (Å²) in [6.07, 6.45) is 0.333. The smallest absolute Gasteiger partial charge is 0.228 e. The number of oxazole rings is 1. The number of rotatable bonds is 4. The second-order valence-corrected chi connectivity index (χ2v) is 6.83. The fourth-order valence-corrected chi connectivity index (χ4v) is 2.95. The second kappa shape index (κ2) is 7.14. The van der Waals surface area contributed by atoms with Crippen LogP contribution >= 0.6 is 15.9 Å². The monoisotopic (exact) mass is 406 g/mol. The van der Waals surface area contributed by atoms with E-state index in [1.54, 1.807) is 0 Å². The first-order valence-corrected chi connectivity index (χ1v) is 8.97. The van der Waals surface area contributed by atoms with Gasteiger partial charge < -0.3 is 9.73 Å². The van der Waals surface area contributed by atoms with Crippen molar-refractivity contribution >= 4 is 38.6 Å². The zero-order chi connectivity index (χ0) is 17.9. The molecule has 4 nitrogen and oxygen atoms in total. The Morgan fingerprint density at radius 1 is 0.962 bits per heavy atom. The maximum absolute atomic E-state index is 12.2. The number of hydrogen-bond acceptors (Lipinski definition) is 3. The summed E-state index contributed by atoms with van der Waals surface area (Å²) in [5.41, 5.74) is 4.16. The predicted molar refractivity (Wildman–Crippen MR) is 106 cm³/mol. The third kappa shape index (κ3) is 3.68. The molecule has 0 bridgehead atoms. The Balaban J connectivity index is 1.45. The van der Waals surface area contributed by atoms with Crippen LogP contribution in [0.15, 0.2) is 81.7 Å². The molecule has 0 fully saturated rings. The standard InChI is InChI=1S/C21H15BrN2O2/c22-16-9-5-14(6-10-16)13-20(25)23-17-11-7-15(8-12-17)21-24-18-3-1-2-4-19(18)26-21/h1-12H,13H2,(H,23,25). The van der Waals surface area contributed by atoms with Gasteiger partial charge in [-0.15, -0.1) is 0 Å². The van der Waals surface area contributed by atoms with Crippen LogP contribution in [0.3, 0.4) is 0 Å². The summed E-state index contributed by atoms with van der Waals surface area (Å²) in [6, 6.07) is 22.9. The van der Waals surface area contributed by atoms with E-state index in [1.165, 1.54) is 0 Å². The molecule has 3 aromatic carbocycles. The Morgan fingerprint density at radius 3 is 2.42 bits per heavy atom. The lowest BCUT2D eigenvalue weighted by atomic mass is 10.1. The maximum Gasteiger partial charge on any atom is 0.228 e. The highest BCUT2D eigenvalue weighted by molar-refractivity contribution is 9.10. The fourth-order valence-electron chi connectivity index (χ4n) is 2.68. The minimum absolute atomic E-state index is 0.0538. The van der Waals surface area contributed by atoms with Crippen LogP contribution in [0, 0.1) is 0 Å². The predicted octanol–water partition coefficient (Wildman–Crippen LogP) is 5.44. The summed E-state index contributed by atoms with van der Waals surface area (Å²) in [5.74, 6) is 0.515. The topological polar surface area (TPSA) is 55.1 Å². The van der Waals surface area contributed by atoms with Crippen LogP contribution < -0.4 is 5.32 Å². The van der Waals surface area contributed by atoms with E-state index in [4.69, 9.17) is 4.42 Å². The molecule has 0 saturated heterocycles. The van der Waals surface area contributed by atoms with Crippen molar-refractivity contribution in [3.05, 3.63) is 82.8 Å². The van der Waals surface area contributed by atoms with Crippen molar-refractivity contribution in [2.45, 2.75) is 6.42 Å². The molecular formula is C21H15BrN2O2. The van der Waals surface area contributed by atoms with Crippen molar-refractivity contribution in [3.63, 3.8) is 0 Å². The molecule has 0 spiro atoms. The van der Waals surface area contributed by atoms with Crippen molar-refractivity contribution in [3.8, 4) is 11.5 Å². The van der Waals surface area contributed by atoms with Gasteiger partial charge in [0, 0.05) is 15.7 Å². The number of para-hydroxylation sites is 2. The highest BCUT2D eigenvalue weighted by Crippen LogP contribution is 2.25. The molecule has 0 saturated carbocycles. The van der Waals surface area contributed by atoms with Gasteiger partial charge in [0.15, 0.2) is 5.58 Å². The molecule has 1 heterocycles. The Labute approximate surface area is 159 Å². The van der Waals surface area contributed by atoms with E-state index < -0.39 is 0 Å².